The Bertz CT molecular complexity index is 283. The third-order valence-electron chi connectivity index (χ3n) is 4.95. The molecule has 0 heterocycles. The fourth-order valence-electron chi connectivity index (χ4n) is 3.28. The van der Waals surface area contributed by atoms with E-state index in [0.717, 1.165) is 18.8 Å². The molecular formula is C15H29NO2. The van der Waals surface area contributed by atoms with E-state index in [0.29, 0.717) is 6.42 Å². The van der Waals surface area contributed by atoms with E-state index in [2.05, 4.69) is 20.8 Å². The number of nitrogens with two attached hydrogens (primary N) is 1. The molecule has 0 amide bonds. The minimum absolute atomic E-state index is 0.0932. The number of carbonyl (C=O) groups is 1. The highest BCUT2D eigenvalue weighted by molar-refractivity contribution is 5.70. The average Bonchev–Trinajstić information content (AvgIpc) is 2.51. The van der Waals surface area contributed by atoms with Gasteiger partial charge in [-0.2, -0.15) is 0 Å². The van der Waals surface area contributed by atoms with Gasteiger partial charge in [-0.15, -0.1) is 0 Å². The maximum Gasteiger partial charge on any atom is 0.306 e. The highest BCUT2D eigenvalue weighted by Gasteiger charge is 2.44. The summed E-state index contributed by atoms with van der Waals surface area (Å²) in [6.07, 6.45) is 7.43. The van der Waals surface area contributed by atoms with Crippen LogP contribution in [-0.4, -0.2) is 18.6 Å². The first-order valence-electron chi connectivity index (χ1n) is 7.20. The van der Waals surface area contributed by atoms with Gasteiger partial charge in [0.25, 0.3) is 0 Å². The first kappa shape index (κ1) is 15.5. The molecule has 106 valence electrons. The van der Waals surface area contributed by atoms with Crippen LogP contribution in [0.25, 0.3) is 0 Å². The molecule has 0 aliphatic heterocycles. The lowest BCUT2D eigenvalue weighted by Crippen LogP contribution is -2.51. The second-order valence-corrected chi connectivity index (χ2v) is 6.46. The topological polar surface area (TPSA) is 52.3 Å². The molecule has 1 fully saturated rings. The maximum atomic E-state index is 11.7. The highest BCUT2D eigenvalue weighted by Crippen LogP contribution is 2.47. The zero-order chi connectivity index (χ0) is 13.8. The van der Waals surface area contributed by atoms with Crippen molar-refractivity contribution in [3.8, 4) is 0 Å². The molecule has 18 heavy (non-hydrogen) atoms. The van der Waals surface area contributed by atoms with E-state index >= 15 is 0 Å². The maximum absolute atomic E-state index is 11.7. The number of hydrogen-bond acceptors (Lipinski definition) is 3. The van der Waals surface area contributed by atoms with Crippen molar-refractivity contribution in [1.29, 1.82) is 0 Å². The molecule has 2 unspecified atom stereocenters. The van der Waals surface area contributed by atoms with E-state index in [9.17, 15) is 4.79 Å². The van der Waals surface area contributed by atoms with E-state index in [4.69, 9.17) is 10.5 Å². The fourth-order valence-corrected chi connectivity index (χ4v) is 3.28. The number of hydrogen-bond donors (Lipinski definition) is 1. The minimum atomic E-state index is -0.330. The largest absolute Gasteiger partial charge is 0.469 e. The SMILES string of the molecule is CCC1CCCC(CC(=O)OC)(C(C)(C)N)CC1. The van der Waals surface area contributed by atoms with Gasteiger partial charge < -0.3 is 10.5 Å². The van der Waals surface area contributed by atoms with Crippen molar-refractivity contribution < 1.29 is 9.53 Å². The molecule has 1 aliphatic rings. The third-order valence-corrected chi connectivity index (χ3v) is 4.95. The summed E-state index contributed by atoms with van der Waals surface area (Å²) in [4.78, 5) is 11.7. The van der Waals surface area contributed by atoms with Crippen LogP contribution >= 0.6 is 0 Å². The van der Waals surface area contributed by atoms with Crippen LogP contribution in [0.1, 0.15) is 65.7 Å². The number of methoxy groups -OCH3 is 1. The molecule has 0 radical (unpaired) electrons. The van der Waals surface area contributed by atoms with Crippen molar-refractivity contribution in [2.45, 2.75) is 71.3 Å². The average molecular weight is 255 g/mol. The molecule has 1 rings (SSSR count). The van der Waals surface area contributed by atoms with Crippen molar-refractivity contribution in [3.63, 3.8) is 0 Å². The Morgan fingerprint density at radius 2 is 2.06 bits per heavy atom. The highest BCUT2D eigenvalue weighted by atomic mass is 16.5. The lowest BCUT2D eigenvalue weighted by atomic mass is 9.65. The van der Waals surface area contributed by atoms with Crippen molar-refractivity contribution in [1.82, 2.24) is 0 Å². The van der Waals surface area contributed by atoms with E-state index in [1.54, 1.807) is 0 Å². The number of carbonyl (C=O) groups excluding carboxylic acids is 1. The number of esters is 1. The predicted octanol–water partition coefficient (Wildman–Crippen LogP) is 3.26. The van der Waals surface area contributed by atoms with Crippen LogP contribution in [-0.2, 0) is 9.53 Å². The van der Waals surface area contributed by atoms with Crippen molar-refractivity contribution >= 4 is 5.97 Å². The van der Waals surface area contributed by atoms with Crippen LogP contribution in [0.3, 0.4) is 0 Å². The first-order valence-corrected chi connectivity index (χ1v) is 7.20. The van der Waals surface area contributed by atoms with Crippen molar-refractivity contribution in [2.75, 3.05) is 7.11 Å². The van der Waals surface area contributed by atoms with Gasteiger partial charge in [-0.1, -0.05) is 26.2 Å². The number of rotatable bonds is 4. The van der Waals surface area contributed by atoms with Crippen LogP contribution in [0.4, 0.5) is 0 Å². The molecule has 1 saturated carbocycles. The Balaban J connectivity index is 2.88. The Kier molecular flexibility index (Phi) is 5.20. The lowest BCUT2D eigenvalue weighted by Gasteiger charge is -2.44. The Morgan fingerprint density at radius 1 is 1.39 bits per heavy atom. The van der Waals surface area contributed by atoms with Crippen LogP contribution in [0.15, 0.2) is 0 Å². The Morgan fingerprint density at radius 3 is 2.56 bits per heavy atom. The van der Waals surface area contributed by atoms with Gasteiger partial charge in [-0.3, -0.25) is 4.79 Å². The summed E-state index contributed by atoms with van der Waals surface area (Å²) >= 11 is 0. The molecule has 0 aromatic carbocycles. The van der Waals surface area contributed by atoms with Gasteiger partial charge in [0.2, 0.25) is 0 Å². The fraction of sp³-hybridized carbons (Fsp3) is 0.933. The van der Waals surface area contributed by atoms with Crippen LogP contribution in [0, 0.1) is 11.3 Å². The van der Waals surface area contributed by atoms with E-state index in [1.807, 2.05) is 0 Å². The normalized spacial score (nSPS) is 29.7. The van der Waals surface area contributed by atoms with E-state index < -0.39 is 0 Å². The molecule has 0 aromatic rings. The quantitative estimate of drug-likeness (QED) is 0.619. The molecule has 2 N–H and O–H groups in total. The zero-order valence-electron chi connectivity index (χ0n) is 12.4. The Hall–Kier alpha value is -0.570. The van der Waals surface area contributed by atoms with Gasteiger partial charge in [0.05, 0.1) is 13.5 Å². The van der Waals surface area contributed by atoms with Gasteiger partial charge in [-0.05, 0) is 44.4 Å². The second kappa shape index (κ2) is 6.05. The summed E-state index contributed by atoms with van der Waals surface area (Å²) < 4.78 is 4.87. The van der Waals surface area contributed by atoms with Crippen molar-refractivity contribution in [3.05, 3.63) is 0 Å². The summed E-state index contributed by atoms with van der Waals surface area (Å²) in [5.74, 6) is 0.676. The second-order valence-electron chi connectivity index (χ2n) is 6.46. The van der Waals surface area contributed by atoms with Crippen LogP contribution < -0.4 is 5.73 Å². The zero-order valence-corrected chi connectivity index (χ0v) is 12.4. The summed E-state index contributed by atoms with van der Waals surface area (Å²) in [5, 5.41) is 0. The molecular weight excluding hydrogens is 226 g/mol. The van der Waals surface area contributed by atoms with Gasteiger partial charge in [0.15, 0.2) is 0 Å². The Labute approximate surface area is 111 Å². The van der Waals surface area contributed by atoms with E-state index in [-0.39, 0.29) is 16.9 Å². The van der Waals surface area contributed by atoms with Gasteiger partial charge in [-0.25, -0.2) is 0 Å². The standard InChI is InChI=1S/C15H29NO2/c1-5-12-7-6-9-15(10-8-12,14(2,3)16)11-13(17)18-4/h12H,5-11,16H2,1-4H3. The molecule has 3 nitrogen and oxygen atoms in total. The minimum Gasteiger partial charge on any atom is -0.469 e. The molecule has 0 saturated heterocycles. The molecule has 3 heteroatoms. The molecule has 1 aliphatic carbocycles. The molecule has 2 atom stereocenters. The van der Waals surface area contributed by atoms with Crippen LogP contribution in [0.5, 0.6) is 0 Å². The van der Waals surface area contributed by atoms with Crippen molar-refractivity contribution in [2.24, 2.45) is 17.1 Å². The summed E-state index contributed by atoms with van der Waals surface area (Å²) in [5.41, 5.74) is 5.97. The summed E-state index contributed by atoms with van der Waals surface area (Å²) in [6.45, 7) is 6.37. The van der Waals surface area contributed by atoms with Gasteiger partial charge in [0, 0.05) is 5.54 Å². The van der Waals surface area contributed by atoms with Gasteiger partial charge >= 0.3 is 5.97 Å². The molecule has 0 spiro atoms. The molecule has 0 aromatic heterocycles. The lowest BCUT2D eigenvalue weighted by molar-refractivity contribution is -0.145. The molecule has 0 bridgehead atoms. The monoisotopic (exact) mass is 255 g/mol. The van der Waals surface area contributed by atoms with E-state index in [1.165, 1.54) is 32.8 Å². The predicted molar refractivity (Wildman–Crippen MR) is 74.2 cm³/mol. The summed E-state index contributed by atoms with van der Waals surface area (Å²) in [6, 6.07) is 0. The number of ether oxygens (including phenoxy) is 1. The third kappa shape index (κ3) is 3.47. The first-order chi connectivity index (χ1) is 8.34. The summed E-state index contributed by atoms with van der Waals surface area (Å²) in [7, 11) is 1.46. The smallest absolute Gasteiger partial charge is 0.306 e. The van der Waals surface area contributed by atoms with Gasteiger partial charge in [0.1, 0.15) is 0 Å². The van der Waals surface area contributed by atoms with Crippen LogP contribution in [0.2, 0.25) is 0 Å².